The summed E-state index contributed by atoms with van der Waals surface area (Å²) in [7, 11) is 0. The number of rotatable bonds is 6. The Morgan fingerprint density at radius 2 is 1.91 bits per heavy atom. The summed E-state index contributed by atoms with van der Waals surface area (Å²) in [6.45, 7) is 1.70. The monoisotopic (exact) mass is 354 g/mol. The maximum absolute atomic E-state index is 11.7. The molecule has 9 heteroatoms. The van der Waals surface area contributed by atoms with Crippen molar-refractivity contribution in [3.05, 3.63) is 46.6 Å². The van der Waals surface area contributed by atoms with Crippen molar-refractivity contribution in [1.82, 2.24) is 21.0 Å². The van der Waals surface area contributed by atoms with Gasteiger partial charge in [0.25, 0.3) is 0 Å². The molecule has 0 spiro atoms. The third-order valence-corrected chi connectivity index (χ3v) is 3.83. The number of nitrogens with one attached hydrogen (secondary N) is 2. The Labute approximate surface area is 142 Å². The highest BCUT2D eigenvalue weighted by Crippen LogP contribution is 2.10. The van der Waals surface area contributed by atoms with E-state index in [-0.39, 0.29) is 24.0 Å². The van der Waals surface area contributed by atoms with Crippen LogP contribution in [-0.4, -0.2) is 27.7 Å². The van der Waals surface area contributed by atoms with Gasteiger partial charge in [0.15, 0.2) is 5.82 Å². The summed E-state index contributed by atoms with van der Waals surface area (Å²) in [6, 6.07) is 6.93. The van der Waals surface area contributed by atoms with Gasteiger partial charge in [0.05, 0.1) is 17.9 Å². The molecule has 1 aromatic heterocycles. The predicted octanol–water partition coefficient (Wildman–Crippen LogP) is 1.65. The highest BCUT2D eigenvalue weighted by Gasteiger charge is 2.08. The van der Waals surface area contributed by atoms with E-state index in [1.165, 1.54) is 11.8 Å². The van der Waals surface area contributed by atoms with Crippen LogP contribution >= 0.6 is 23.4 Å². The zero-order valence-electron chi connectivity index (χ0n) is 12.3. The summed E-state index contributed by atoms with van der Waals surface area (Å²) in [6.07, 6.45) is 0.159. The Morgan fingerprint density at radius 1 is 1.22 bits per heavy atom. The van der Waals surface area contributed by atoms with E-state index in [4.69, 9.17) is 16.1 Å². The Hall–Kier alpha value is -2.06. The van der Waals surface area contributed by atoms with E-state index < -0.39 is 0 Å². The molecular weight excluding hydrogens is 340 g/mol. The molecule has 0 aliphatic rings. The van der Waals surface area contributed by atoms with E-state index in [1.54, 1.807) is 31.2 Å². The summed E-state index contributed by atoms with van der Waals surface area (Å²) in [5.41, 5.74) is 5.53. The first kappa shape index (κ1) is 17.3. The molecule has 0 atom stereocenters. The fourth-order valence-electron chi connectivity index (χ4n) is 1.64. The third kappa shape index (κ3) is 6.29. The van der Waals surface area contributed by atoms with Crippen LogP contribution in [0.25, 0.3) is 0 Å². The smallest absolute Gasteiger partial charge is 0.248 e. The van der Waals surface area contributed by atoms with Crippen LogP contribution in [0.15, 0.2) is 28.8 Å². The number of aromatic nitrogens is 2. The fourth-order valence-corrected chi connectivity index (χ4v) is 2.43. The van der Waals surface area contributed by atoms with E-state index in [1.807, 2.05) is 0 Å². The van der Waals surface area contributed by atoms with E-state index in [9.17, 15) is 9.59 Å². The second kappa shape index (κ2) is 8.54. The molecule has 0 fully saturated rings. The lowest BCUT2D eigenvalue weighted by Crippen LogP contribution is -2.43. The van der Waals surface area contributed by atoms with Crippen LogP contribution < -0.4 is 10.9 Å². The van der Waals surface area contributed by atoms with Gasteiger partial charge in [0, 0.05) is 11.9 Å². The third-order valence-electron chi connectivity index (χ3n) is 2.65. The van der Waals surface area contributed by atoms with Gasteiger partial charge in [-0.25, -0.2) is 0 Å². The second-order valence-electron chi connectivity index (χ2n) is 4.62. The number of thioether (sulfide) groups is 1. The second-order valence-corrected chi connectivity index (χ2v) is 6.04. The van der Waals surface area contributed by atoms with E-state index in [0.717, 1.165) is 5.56 Å². The van der Waals surface area contributed by atoms with Gasteiger partial charge in [-0.3, -0.25) is 20.4 Å². The molecular formula is C14H15ClN4O3S. The number of nitrogens with zero attached hydrogens (tertiary/aromatic N) is 2. The SMILES string of the molecule is Cc1nc(CSCC(=O)NNC(=O)Cc2ccc(Cl)cc2)no1. The minimum atomic E-state index is -0.306. The van der Waals surface area contributed by atoms with Crippen LogP contribution in [0, 0.1) is 6.92 Å². The summed E-state index contributed by atoms with van der Waals surface area (Å²) in [5.74, 6) is 1.05. The van der Waals surface area contributed by atoms with Crippen molar-refractivity contribution in [1.29, 1.82) is 0 Å². The molecule has 0 bridgehead atoms. The minimum Gasteiger partial charge on any atom is -0.340 e. The number of hydrazine groups is 1. The Balaban J connectivity index is 1.63. The summed E-state index contributed by atoms with van der Waals surface area (Å²) in [4.78, 5) is 27.3. The minimum absolute atomic E-state index is 0.159. The van der Waals surface area contributed by atoms with Crippen molar-refractivity contribution in [3.63, 3.8) is 0 Å². The highest BCUT2D eigenvalue weighted by molar-refractivity contribution is 7.99. The lowest BCUT2D eigenvalue weighted by molar-refractivity contribution is -0.127. The lowest BCUT2D eigenvalue weighted by Gasteiger charge is -2.07. The lowest BCUT2D eigenvalue weighted by atomic mass is 10.1. The van der Waals surface area contributed by atoms with Gasteiger partial charge in [0.2, 0.25) is 17.7 Å². The van der Waals surface area contributed by atoms with E-state index in [0.29, 0.717) is 22.5 Å². The van der Waals surface area contributed by atoms with Gasteiger partial charge in [-0.2, -0.15) is 4.98 Å². The molecule has 1 aromatic carbocycles. The topological polar surface area (TPSA) is 97.1 Å². The Bertz CT molecular complexity index is 675. The number of halogens is 1. The highest BCUT2D eigenvalue weighted by atomic mass is 35.5. The van der Waals surface area contributed by atoms with Crippen LogP contribution in [0.5, 0.6) is 0 Å². The van der Waals surface area contributed by atoms with Crippen molar-refractivity contribution in [2.75, 3.05) is 5.75 Å². The van der Waals surface area contributed by atoms with E-state index >= 15 is 0 Å². The predicted molar refractivity (Wildman–Crippen MR) is 86.6 cm³/mol. The molecule has 2 aromatic rings. The van der Waals surface area contributed by atoms with Crippen LogP contribution in [-0.2, 0) is 21.8 Å². The molecule has 2 rings (SSSR count). The van der Waals surface area contributed by atoms with Gasteiger partial charge in [-0.05, 0) is 17.7 Å². The Kier molecular flexibility index (Phi) is 6.42. The number of aryl methyl sites for hydroxylation is 1. The number of benzene rings is 1. The number of hydrogen-bond acceptors (Lipinski definition) is 6. The Morgan fingerprint density at radius 3 is 2.57 bits per heavy atom. The van der Waals surface area contributed by atoms with E-state index in [2.05, 4.69) is 21.0 Å². The van der Waals surface area contributed by atoms with Crippen molar-refractivity contribution in [2.24, 2.45) is 0 Å². The van der Waals surface area contributed by atoms with Gasteiger partial charge < -0.3 is 4.52 Å². The summed E-state index contributed by atoms with van der Waals surface area (Å²) < 4.78 is 4.82. The van der Waals surface area contributed by atoms with Crippen LogP contribution in [0.2, 0.25) is 5.02 Å². The summed E-state index contributed by atoms with van der Waals surface area (Å²) >= 11 is 7.09. The zero-order chi connectivity index (χ0) is 16.7. The first-order chi connectivity index (χ1) is 11.0. The van der Waals surface area contributed by atoms with Crippen LogP contribution in [0.1, 0.15) is 17.3 Å². The standard InChI is InChI=1S/C14H15ClN4O3S/c1-9-16-12(19-22-9)7-23-8-14(21)18-17-13(20)6-10-2-4-11(15)5-3-10/h2-5H,6-8H2,1H3,(H,17,20)(H,18,21). The maximum atomic E-state index is 11.7. The van der Waals surface area contributed by atoms with Crippen molar-refractivity contribution in [3.8, 4) is 0 Å². The molecule has 0 radical (unpaired) electrons. The first-order valence-corrected chi connectivity index (χ1v) is 8.25. The number of carbonyl (C=O) groups excluding carboxylic acids is 2. The number of hydrogen-bond donors (Lipinski definition) is 2. The molecule has 0 aliphatic heterocycles. The van der Waals surface area contributed by atoms with Crippen molar-refractivity contribution < 1.29 is 14.1 Å². The average molecular weight is 355 g/mol. The maximum Gasteiger partial charge on any atom is 0.248 e. The van der Waals surface area contributed by atoms with Crippen molar-refractivity contribution >= 4 is 35.2 Å². The number of amides is 2. The quantitative estimate of drug-likeness (QED) is 0.766. The molecule has 0 saturated heterocycles. The normalized spacial score (nSPS) is 10.3. The molecule has 0 aliphatic carbocycles. The van der Waals surface area contributed by atoms with Crippen LogP contribution in [0.3, 0.4) is 0 Å². The van der Waals surface area contributed by atoms with Gasteiger partial charge in [0.1, 0.15) is 0 Å². The molecule has 0 unspecified atom stereocenters. The molecule has 2 N–H and O–H groups in total. The molecule has 23 heavy (non-hydrogen) atoms. The van der Waals surface area contributed by atoms with Gasteiger partial charge >= 0.3 is 0 Å². The average Bonchev–Trinajstić information content (AvgIpc) is 2.93. The molecule has 0 saturated carbocycles. The zero-order valence-corrected chi connectivity index (χ0v) is 13.9. The van der Waals surface area contributed by atoms with Crippen molar-refractivity contribution in [2.45, 2.75) is 19.1 Å². The summed E-state index contributed by atoms with van der Waals surface area (Å²) in [5, 5.41) is 4.33. The fraction of sp³-hybridized carbons (Fsp3) is 0.286. The molecule has 2 amide bonds. The van der Waals surface area contributed by atoms with Gasteiger partial charge in [-0.1, -0.05) is 28.9 Å². The number of carbonyl (C=O) groups is 2. The largest absolute Gasteiger partial charge is 0.340 e. The molecule has 7 nitrogen and oxygen atoms in total. The molecule has 1 heterocycles. The van der Waals surface area contributed by atoms with Gasteiger partial charge in [-0.15, -0.1) is 11.8 Å². The first-order valence-electron chi connectivity index (χ1n) is 6.72. The molecule has 122 valence electrons. The van der Waals surface area contributed by atoms with Crippen LogP contribution in [0.4, 0.5) is 0 Å².